The second kappa shape index (κ2) is 11.1. The van der Waals surface area contributed by atoms with Crippen LogP contribution in [0.4, 0.5) is 0 Å². The first-order chi connectivity index (χ1) is 18.1. The molecule has 1 aliphatic heterocycles. The molecule has 0 bridgehead atoms. The van der Waals surface area contributed by atoms with Gasteiger partial charge in [-0.2, -0.15) is 5.10 Å². The van der Waals surface area contributed by atoms with Crippen LogP contribution in [-0.4, -0.2) is 51.8 Å². The van der Waals surface area contributed by atoms with Crippen molar-refractivity contribution in [1.82, 2.24) is 20.2 Å². The van der Waals surface area contributed by atoms with Gasteiger partial charge in [-0.25, -0.2) is 5.01 Å². The number of carbonyl (C=O) groups is 1. The summed E-state index contributed by atoms with van der Waals surface area (Å²) in [6, 6.07) is 16.8. The molecule has 3 heterocycles. The monoisotopic (exact) mass is 579 g/mol. The molecule has 1 aliphatic rings. The van der Waals surface area contributed by atoms with Crippen LogP contribution in [-0.2, 0) is 4.79 Å². The lowest BCUT2D eigenvalue weighted by atomic mass is 9.98. The fraction of sp³-hybridized carbons (Fsp3) is 0.192. The van der Waals surface area contributed by atoms with Gasteiger partial charge in [-0.05, 0) is 47.5 Å². The zero-order chi connectivity index (χ0) is 25.8. The van der Waals surface area contributed by atoms with Crippen molar-refractivity contribution in [3.05, 3.63) is 82.6 Å². The summed E-state index contributed by atoms with van der Waals surface area (Å²) in [5.74, 6) is 1.48. The maximum Gasteiger partial charge on any atom is 0.277 e. The minimum Gasteiger partial charge on any atom is -0.493 e. The lowest BCUT2D eigenvalue weighted by molar-refractivity contribution is -0.130. The van der Waals surface area contributed by atoms with Crippen LogP contribution in [0.1, 0.15) is 23.6 Å². The van der Waals surface area contributed by atoms with Crippen LogP contribution in [0.25, 0.3) is 11.5 Å². The molecular weight excluding hydrogens is 558 g/mol. The van der Waals surface area contributed by atoms with Crippen molar-refractivity contribution < 1.29 is 18.7 Å². The normalized spacial score (nSPS) is 14.9. The maximum atomic E-state index is 13.4. The van der Waals surface area contributed by atoms with E-state index in [0.29, 0.717) is 29.0 Å². The van der Waals surface area contributed by atoms with E-state index in [4.69, 9.17) is 19.0 Å². The predicted octanol–water partition coefficient (Wildman–Crippen LogP) is 5.38. The zero-order valence-electron chi connectivity index (χ0n) is 20.0. The Morgan fingerprint density at radius 1 is 1.03 bits per heavy atom. The van der Waals surface area contributed by atoms with E-state index in [1.54, 1.807) is 38.7 Å². The number of hydrogen-bond donors (Lipinski definition) is 0. The fourth-order valence-electron chi connectivity index (χ4n) is 3.95. The molecule has 2 aromatic carbocycles. The van der Waals surface area contributed by atoms with Crippen LogP contribution in [0.3, 0.4) is 0 Å². The smallest absolute Gasteiger partial charge is 0.277 e. The van der Waals surface area contributed by atoms with Crippen LogP contribution >= 0.6 is 27.7 Å². The highest BCUT2D eigenvalue weighted by atomic mass is 79.9. The number of hydrazone groups is 1. The highest BCUT2D eigenvalue weighted by Crippen LogP contribution is 2.38. The number of thioether (sulfide) groups is 1. The number of hydrogen-bond acceptors (Lipinski definition) is 9. The molecular formula is C26H22BrN5O4S. The van der Waals surface area contributed by atoms with E-state index in [2.05, 4.69) is 31.1 Å². The molecule has 37 heavy (non-hydrogen) atoms. The Balaban J connectivity index is 1.38. The average molecular weight is 580 g/mol. The summed E-state index contributed by atoms with van der Waals surface area (Å²) in [6.45, 7) is 0. The van der Waals surface area contributed by atoms with E-state index in [-0.39, 0.29) is 17.7 Å². The standard InChI is InChI=1S/C26H22BrN5O4S/c1-34-22-8-5-18(13-23(22)35-2)21-14-20(16-3-6-19(27)7-4-16)31-32(21)24(33)15-37-26-30-29-25(36-26)17-9-11-28-12-10-17/h3-13,21H,14-15H2,1-2H3. The number of aromatic nitrogens is 3. The van der Waals surface area contributed by atoms with E-state index >= 15 is 0 Å². The molecule has 0 fully saturated rings. The van der Waals surface area contributed by atoms with Crippen molar-refractivity contribution >= 4 is 39.3 Å². The molecule has 1 unspecified atom stereocenters. The lowest BCUT2D eigenvalue weighted by Crippen LogP contribution is -2.28. The highest BCUT2D eigenvalue weighted by Gasteiger charge is 2.34. The van der Waals surface area contributed by atoms with Crippen molar-refractivity contribution in [3.63, 3.8) is 0 Å². The average Bonchev–Trinajstić information content (AvgIpc) is 3.60. The molecule has 4 aromatic rings. The van der Waals surface area contributed by atoms with Crippen LogP contribution in [0.15, 0.2) is 86.2 Å². The molecule has 5 rings (SSSR count). The quantitative estimate of drug-likeness (QED) is 0.256. The van der Waals surface area contributed by atoms with Gasteiger partial charge in [0.15, 0.2) is 11.5 Å². The van der Waals surface area contributed by atoms with E-state index in [1.165, 1.54) is 16.8 Å². The minimum absolute atomic E-state index is 0.0822. The molecule has 1 amide bonds. The molecule has 9 nitrogen and oxygen atoms in total. The first-order valence-electron chi connectivity index (χ1n) is 11.3. The van der Waals surface area contributed by atoms with Gasteiger partial charge in [0, 0.05) is 28.9 Å². The Bertz CT molecular complexity index is 1430. The Hall–Kier alpha value is -3.70. The Kier molecular flexibility index (Phi) is 7.52. The van der Waals surface area contributed by atoms with Gasteiger partial charge in [0.1, 0.15) is 0 Å². The van der Waals surface area contributed by atoms with Crippen molar-refractivity contribution in [2.24, 2.45) is 5.10 Å². The van der Waals surface area contributed by atoms with Gasteiger partial charge in [-0.15, -0.1) is 10.2 Å². The summed E-state index contributed by atoms with van der Waals surface area (Å²) >= 11 is 4.64. The summed E-state index contributed by atoms with van der Waals surface area (Å²) in [7, 11) is 3.18. The second-order valence-corrected chi connectivity index (χ2v) is 9.87. The molecule has 0 saturated heterocycles. The van der Waals surface area contributed by atoms with Gasteiger partial charge >= 0.3 is 0 Å². The summed E-state index contributed by atoms with van der Waals surface area (Å²) in [5, 5.41) is 14.7. The van der Waals surface area contributed by atoms with Crippen molar-refractivity contribution in [3.8, 4) is 23.0 Å². The molecule has 188 valence electrons. The molecule has 1 atom stereocenters. The molecule has 0 N–H and O–H groups in total. The molecule has 0 saturated carbocycles. The van der Waals surface area contributed by atoms with Crippen LogP contribution in [0, 0.1) is 0 Å². The predicted molar refractivity (Wildman–Crippen MR) is 143 cm³/mol. The van der Waals surface area contributed by atoms with E-state index in [1.807, 2.05) is 42.5 Å². The fourth-order valence-corrected chi connectivity index (χ4v) is 4.83. The lowest BCUT2D eigenvalue weighted by Gasteiger charge is -2.22. The number of pyridine rings is 1. The van der Waals surface area contributed by atoms with Crippen LogP contribution in [0.2, 0.25) is 0 Å². The first kappa shape index (κ1) is 25.0. The largest absolute Gasteiger partial charge is 0.493 e. The summed E-state index contributed by atoms with van der Waals surface area (Å²) in [4.78, 5) is 17.4. The summed E-state index contributed by atoms with van der Waals surface area (Å²) < 4.78 is 17.6. The number of ether oxygens (including phenoxy) is 2. The van der Waals surface area contributed by atoms with Crippen molar-refractivity contribution in [2.75, 3.05) is 20.0 Å². The number of nitrogens with zero attached hydrogens (tertiary/aromatic N) is 5. The Labute approximate surface area is 226 Å². The van der Waals surface area contributed by atoms with Crippen molar-refractivity contribution in [2.45, 2.75) is 17.7 Å². The molecule has 0 aliphatic carbocycles. The van der Waals surface area contributed by atoms with Gasteiger partial charge in [0.25, 0.3) is 11.1 Å². The van der Waals surface area contributed by atoms with E-state index in [0.717, 1.165) is 26.9 Å². The van der Waals surface area contributed by atoms with Crippen molar-refractivity contribution in [1.29, 1.82) is 0 Å². The third-order valence-electron chi connectivity index (χ3n) is 5.79. The number of halogens is 1. The third kappa shape index (κ3) is 5.52. The number of rotatable bonds is 8. The summed E-state index contributed by atoms with van der Waals surface area (Å²) in [5.41, 5.74) is 3.43. The van der Waals surface area contributed by atoms with Gasteiger partial charge in [-0.3, -0.25) is 9.78 Å². The third-order valence-corrected chi connectivity index (χ3v) is 7.12. The molecule has 0 radical (unpaired) electrons. The molecule has 2 aromatic heterocycles. The summed E-state index contributed by atoms with van der Waals surface area (Å²) in [6.07, 6.45) is 3.86. The highest BCUT2D eigenvalue weighted by molar-refractivity contribution is 9.10. The maximum absolute atomic E-state index is 13.4. The van der Waals surface area contributed by atoms with Gasteiger partial charge < -0.3 is 13.9 Å². The SMILES string of the molecule is COc1ccc(C2CC(c3ccc(Br)cc3)=NN2C(=O)CSc2nnc(-c3ccncc3)o2)cc1OC. The topological polar surface area (TPSA) is 103 Å². The Morgan fingerprint density at radius 2 is 1.78 bits per heavy atom. The van der Waals surface area contributed by atoms with E-state index < -0.39 is 0 Å². The van der Waals surface area contributed by atoms with Crippen LogP contribution in [0.5, 0.6) is 11.5 Å². The zero-order valence-corrected chi connectivity index (χ0v) is 22.4. The van der Waals surface area contributed by atoms with Gasteiger partial charge in [-0.1, -0.05) is 45.9 Å². The number of methoxy groups -OCH3 is 2. The number of benzene rings is 2. The van der Waals surface area contributed by atoms with E-state index in [9.17, 15) is 4.79 Å². The first-order valence-corrected chi connectivity index (χ1v) is 13.1. The number of amides is 1. The van der Waals surface area contributed by atoms with Gasteiger partial charge in [0.05, 0.1) is 31.7 Å². The van der Waals surface area contributed by atoms with Gasteiger partial charge in [0.2, 0.25) is 5.89 Å². The Morgan fingerprint density at radius 3 is 2.51 bits per heavy atom. The molecule has 11 heteroatoms. The minimum atomic E-state index is -0.304. The number of carbonyl (C=O) groups excluding carboxylic acids is 1. The molecule has 0 spiro atoms. The second-order valence-electron chi connectivity index (χ2n) is 8.02. The van der Waals surface area contributed by atoms with Crippen LogP contribution < -0.4 is 9.47 Å².